The van der Waals surface area contributed by atoms with Crippen molar-refractivity contribution in [1.82, 2.24) is 4.90 Å². The average Bonchev–Trinajstić information content (AvgIpc) is 2.55. The summed E-state index contributed by atoms with van der Waals surface area (Å²) in [6, 6.07) is 0.500. The molecule has 0 N–H and O–H groups in total. The fraction of sp³-hybridized carbons (Fsp3) is 0.900. The van der Waals surface area contributed by atoms with Gasteiger partial charge < -0.3 is 0 Å². The van der Waals surface area contributed by atoms with Crippen LogP contribution in [0, 0.1) is 0 Å². The van der Waals surface area contributed by atoms with E-state index in [4.69, 9.17) is 11.3 Å². The van der Waals surface area contributed by atoms with Crippen LogP contribution in [0.3, 0.4) is 0 Å². The molecule has 2 heterocycles. The van der Waals surface area contributed by atoms with Gasteiger partial charge in [-0.15, -0.1) is 0 Å². The monoisotopic (exact) mass is 291 g/mol. The van der Waals surface area contributed by atoms with Gasteiger partial charge in [-0.25, -0.2) is 0 Å². The van der Waals surface area contributed by atoms with Gasteiger partial charge >= 0.3 is 99.1 Å². The first-order valence-electron chi connectivity index (χ1n) is 5.85. The van der Waals surface area contributed by atoms with E-state index in [1.165, 1.54) is 0 Å². The molecule has 0 saturated carbocycles. The summed E-state index contributed by atoms with van der Waals surface area (Å²) in [4.78, 5) is 13.5. The van der Waals surface area contributed by atoms with Crippen molar-refractivity contribution in [2.24, 2.45) is 0 Å². The molecular formula is C10H19GeNO4. The van der Waals surface area contributed by atoms with E-state index >= 15 is 0 Å². The summed E-state index contributed by atoms with van der Waals surface area (Å²) in [7, 11) is 0. The normalized spacial score (nSPS) is 26.8. The average molecular weight is 290 g/mol. The van der Waals surface area contributed by atoms with E-state index in [1.54, 1.807) is 0 Å². The number of hydrogen-bond donors (Lipinski definition) is 0. The Kier molecular flexibility index (Phi) is 3.89. The third-order valence-corrected chi connectivity index (χ3v) is 8.68. The first-order valence-corrected chi connectivity index (χ1v) is 9.90. The molecule has 2 fully saturated rings. The molecule has 1 spiro atoms. The van der Waals surface area contributed by atoms with Crippen LogP contribution >= 0.6 is 0 Å². The summed E-state index contributed by atoms with van der Waals surface area (Å²) in [5, 5.41) is 0.695. The van der Waals surface area contributed by atoms with Crippen molar-refractivity contribution < 1.29 is 16.1 Å². The minimum atomic E-state index is -3.14. The van der Waals surface area contributed by atoms with Crippen molar-refractivity contribution in [1.29, 1.82) is 0 Å². The fourth-order valence-corrected chi connectivity index (χ4v) is 6.98. The maximum absolute atomic E-state index is 11.1. The minimum absolute atomic E-state index is 0.152. The quantitative estimate of drug-likeness (QED) is 0.663. The molecule has 0 aromatic carbocycles. The van der Waals surface area contributed by atoms with Crippen molar-refractivity contribution in [3.8, 4) is 0 Å². The summed E-state index contributed by atoms with van der Waals surface area (Å²) in [5.74, 6) is -0.152. The van der Waals surface area contributed by atoms with Gasteiger partial charge in [0.2, 0.25) is 0 Å². The van der Waals surface area contributed by atoms with Gasteiger partial charge in [-0.2, -0.15) is 0 Å². The third kappa shape index (κ3) is 2.77. The van der Waals surface area contributed by atoms with Crippen molar-refractivity contribution in [3.05, 3.63) is 0 Å². The van der Waals surface area contributed by atoms with E-state index in [2.05, 4.69) is 18.7 Å². The van der Waals surface area contributed by atoms with Gasteiger partial charge in [-0.1, -0.05) is 0 Å². The summed E-state index contributed by atoms with van der Waals surface area (Å²) < 4.78 is 16.8. The summed E-state index contributed by atoms with van der Waals surface area (Å²) >= 11 is -3.14. The zero-order chi connectivity index (χ0) is 11.6. The van der Waals surface area contributed by atoms with Gasteiger partial charge in [0.25, 0.3) is 0 Å². The van der Waals surface area contributed by atoms with Crippen molar-refractivity contribution >= 4 is 20.2 Å². The first-order chi connectivity index (χ1) is 7.61. The molecule has 0 aromatic rings. The second-order valence-electron chi connectivity index (χ2n) is 4.48. The molecule has 0 amide bonds. The van der Waals surface area contributed by atoms with Crippen molar-refractivity contribution in [3.63, 3.8) is 0 Å². The van der Waals surface area contributed by atoms with Crippen LogP contribution in [0.1, 0.15) is 20.3 Å². The van der Waals surface area contributed by atoms with E-state index in [9.17, 15) is 4.79 Å². The molecule has 0 aromatic heterocycles. The van der Waals surface area contributed by atoms with Crippen molar-refractivity contribution in [2.45, 2.75) is 31.6 Å². The van der Waals surface area contributed by atoms with E-state index in [0.29, 0.717) is 30.9 Å². The van der Waals surface area contributed by atoms with E-state index in [0.717, 1.165) is 13.1 Å². The Bertz CT molecular complexity index is 262. The molecule has 0 atom stereocenters. The zero-order valence-corrected chi connectivity index (χ0v) is 12.0. The molecule has 16 heavy (non-hydrogen) atoms. The van der Waals surface area contributed by atoms with Crippen LogP contribution in [0.15, 0.2) is 0 Å². The predicted octanol–water partition coefficient (Wildman–Crippen LogP) is 0.629. The molecule has 0 aliphatic carbocycles. The number of carbonyl (C=O) groups excluding carboxylic acids is 1. The predicted molar refractivity (Wildman–Crippen MR) is 59.9 cm³/mol. The zero-order valence-electron chi connectivity index (χ0n) is 9.90. The van der Waals surface area contributed by atoms with Crippen LogP contribution in [0.5, 0.6) is 0 Å². The molecule has 0 unspecified atom stereocenters. The fourth-order valence-electron chi connectivity index (χ4n) is 2.04. The summed E-state index contributed by atoms with van der Waals surface area (Å²) in [6.45, 7) is 7.34. The number of rotatable bonds is 1. The van der Waals surface area contributed by atoms with E-state index in [1.807, 2.05) is 0 Å². The second-order valence-corrected chi connectivity index (χ2v) is 10.0. The molecule has 2 aliphatic heterocycles. The molecule has 0 bridgehead atoms. The van der Waals surface area contributed by atoms with Gasteiger partial charge in [-0.3, -0.25) is 0 Å². The van der Waals surface area contributed by atoms with Gasteiger partial charge in [-0.05, 0) is 0 Å². The third-order valence-electron chi connectivity index (χ3n) is 3.04. The molecule has 5 nitrogen and oxygen atoms in total. The Morgan fingerprint density at radius 1 is 1.25 bits per heavy atom. The Balaban J connectivity index is 1.91. The Labute approximate surface area is 99.4 Å². The molecule has 2 aliphatic rings. The Hall–Kier alpha value is -0.107. The summed E-state index contributed by atoms with van der Waals surface area (Å²) in [5.41, 5.74) is 0. The second kappa shape index (κ2) is 5.04. The standard InChI is InChI=1S/C10H19GeNO4/c1-9(2)12-5-7-14-11(15-8-6-12)4-3-10(13)16-11/h9H,3-8H2,1-2H3. The van der Waals surface area contributed by atoms with Crippen LogP contribution in [0.4, 0.5) is 0 Å². The van der Waals surface area contributed by atoms with Crippen LogP contribution in [0.25, 0.3) is 0 Å². The SMILES string of the molecule is CC(C)N1CC[O][Ge]2([CH2]CC(=O)[O]2)[O]CC1. The topological polar surface area (TPSA) is 48.0 Å². The van der Waals surface area contributed by atoms with Crippen LogP contribution in [0.2, 0.25) is 5.25 Å². The van der Waals surface area contributed by atoms with Gasteiger partial charge in [0.05, 0.1) is 0 Å². The van der Waals surface area contributed by atoms with Gasteiger partial charge in [0.15, 0.2) is 0 Å². The van der Waals surface area contributed by atoms with Gasteiger partial charge in [0.1, 0.15) is 0 Å². The molecule has 92 valence electrons. The molecule has 6 heteroatoms. The van der Waals surface area contributed by atoms with Crippen LogP contribution in [-0.4, -0.2) is 57.5 Å². The van der Waals surface area contributed by atoms with Crippen LogP contribution in [-0.2, 0) is 16.1 Å². The van der Waals surface area contributed by atoms with E-state index < -0.39 is 14.3 Å². The number of nitrogens with zero attached hydrogens (tertiary/aromatic N) is 1. The van der Waals surface area contributed by atoms with Crippen LogP contribution < -0.4 is 0 Å². The Morgan fingerprint density at radius 2 is 1.88 bits per heavy atom. The first kappa shape index (κ1) is 12.4. The molecule has 2 saturated heterocycles. The Morgan fingerprint density at radius 3 is 2.31 bits per heavy atom. The van der Waals surface area contributed by atoms with E-state index in [-0.39, 0.29) is 5.97 Å². The van der Waals surface area contributed by atoms with Crippen molar-refractivity contribution in [2.75, 3.05) is 26.3 Å². The maximum atomic E-state index is 11.1. The number of hydrogen-bond acceptors (Lipinski definition) is 5. The molecule has 0 radical (unpaired) electrons. The molecule has 2 rings (SSSR count). The summed E-state index contributed by atoms with van der Waals surface area (Å²) in [6.07, 6.45) is 0.466. The number of carbonyl (C=O) groups is 1. The molecular weight excluding hydrogens is 271 g/mol. The van der Waals surface area contributed by atoms with Gasteiger partial charge in [0, 0.05) is 0 Å².